The van der Waals surface area contributed by atoms with Crippen LogP contribution in [0.3, 0.4) is 0 Å². The van der Waals surface area contributed by atoms with Crippen molar-refractivity contribution in [2.75, 3.05) is 7.11 Å². The molecule has 2 aromatic carbocycles. The van der Waals surface area contributed by atoms with E-state index < -0.39 is 0 Å². The Kier molecular flexibility index (Phi) is 5.73. The molecule has 11 nitrogen and oxygen atoms in total. The molecule has 0 fully saturated rings. The maximum Gasteiger partial charge on any atom is 0.230 e. The standard InChI is InChI=1S/C29H23N7O4/c1-18-24-25(22-9-6-14-38-22)26-27-32-23(16-39-31-15-19-10-12-21(37-2)13-11-19)34-35(27)17-30-28(26)40-29(24)36(33-18)20-7-4-3-5-8-20/h3-15,17,25H,16H2,1-2H3/b31-15+/t25-/m0/s1. The van der Waals surface area contributed by atoms with Gasteiger partial charge in [-0.25, -0.2) is 19.2 Å². The van der Waals surface area contributed by atoms with Crippen molar-refractivity contribution >= 4 is 11.9 Å². The number of aromatic nitrogens is 6. The molecule has 0 saturated carbocycles. The van der Waals surface area contributed by atoms with E-state index in [4.69, 9.17) is 28.8 Å². The molecule has 0 radical (unpaired) electrons. The third-order valence-electron chi connectivity index (χ3n) is 6.68. The minimum Gasteiger partial charge on any atom is -0.497 e. The van der Waals surface area contributed by atoms with Gasteiger partial charge in [0.05, 0.1) is 48.0 Å². The number of furan rings is 1. The number of fused-ring (bicyclic) bond motifs is 4. The Morgan fingerprint density at radius 3 is 2.62 bits per heavy atom. The van der Waals surface area contributed by atoms with Crippen molar-refractivity contribution < 1.29 is 18.7 Å². The number of rotatable bonds is 7. The van der Waals surface area contributed by atoms with Crippen LogP contribution in [0.4, 0.5) is 0 Å². The van der Waals surface area contributed by atoms with Gasteiger partial charge >= 0.3 is 0 Å². The molecule has 198 valence electrons. The zero-order valence-electron chi connectivity index (χ0n) is 21.6. The molecule has 1 aliphatic heterocycles. The number of methoxy groups -OCH3 is 1. The number of oxime groups is 1. The molecular formula is C29H23N7O4. The Hall–Kier alpha value is -5.45. The summed E-state index contributed by atoms with van der Waals surface area (Å²) in [4.78, 5) is 14.9. The van der Waals surface area contributed by atoms with Crippen LogP contribution < -0.4 is 9.47 Å². The lowest BCUT2D eigenvalue weighted by atomic mass is 9.88. The van der Waals surface area contributed by atoms with E-state index in [1.54, 1.807) is 35.1 Å². The zero-order valence-corrected chi connectivity index (χ0v) is 21.6. The van der Waals surface area contributed by atoms with E-state index in [0.717, 1.165) is 39.6 Å². The third kappa shape index (κ3) is 4.04. The van der Waals surface area contributed by atoms with Gasteiger partial charge in [0.2, 0.25) is 11.8 Å². The van der Waals surface area contributed by atoms with Gasteiger partial charge in [-0.1, -0.05) is 23.4 Å². The lowest BCUT2D eigenvalue weighted by Gasteiger charge is -2.24. The van der Waals surface area contributed by atoms with E-state index in [1.807, 2.05) is 73.7 Å². The Labute approximate surface area is 228 Å². The monoisotopic (exact) mass is 533 g/mol. The molecule has 0 saturated heterocycles. The SMILES string of the molecule is COc1ccc(/C=N/OCc2nc3c4c(ncn3n2)Oc2c(c(C)nn2-c2ccccc2)[C@@H]4c2ccco2)cc1. The summed E-state index contributed by atoms with van der Waals surface area (Å²) in [5.74, 6) is 2.59. The van der Waals surface area contributed by atoms with Crippen molar-refractivity contribution in [3.8, 4) is 23.2 Å². The smallest absolute Gasteiger partial charge is 0.230 e. The summed E-state index contributed by atoms with van der Waals surface area (Å²) in [5, 5.41) is 13.4. The first kappa shape index (κ1) is 23.7. The summed E-state index contributed by atoms with van der Waals surface area (Å²) < 4.78 is 20.9. The molecule has 5 heterocycles. The first-order valence-corrected chi connectivity index (χ1v) is 12.6. The lowest BCUT2D eigenvalue weighted by Crippen LogP contribution is -2.15. The van der Waals surface area contributed by atoms with Crippen molar-refractivity contribution in [3.63, 3.8) is 0 Å². The predicted molar refractivity (Wildman–Crippen MR) is 144 cm³/mol. The minimum atomic E-state index is -0.353. The van der Waals surface area contributed by atoms with Crippen molar-refractivity contribution in [3.05, 3.63) is 113 Å². The molecule has 7 rings (SSSR count). The molecule has 4 aromatic heterocycles. The molecule has 1 atom stereocenters. The van der Waals surface area contributed by atoms with Crippen LogP contribution in [0.15, 0.2) is 88.9 Å². The van der Waals surface area contributed by atoms with Crippen molar-refractivity contribution in [1.29, 1.82) is 0 Å². The van der Waals surface area contributed by atoms with Gasteiger partial charge in [-0.3, -0.25) is 0 Å². The van der Waals surface area contributed by atoms with Crippen LogP contribution in [0.2, 0.25) is 0 Å². The fraction of sp³-hybridized carbons (Fsp3) is 0.138. The molecule has 0 amide bonds. The predicted octanol–water partition coefficient (Wildman–Crippen LogP) is 5.06. The Balaban J connectivity index is 1.24. The molecule has 0 bridgehead atoms. The number of hydrogen-bond donors (Lipinski definition) is 0. The van der Waals surface area contributed by atoms with E-state index in [9.17, 15) is 0 Å². The summed E-state index contributed by atoms with van der Waals surface area (Å²) in [6.45, 7) is 2.03. The van der Waals surface area contributed by atoms with Gasteiger partial charge in [0.15, 0.2) is 18.1 Å². The quantitative estimate of drug-likeness (QED) is 0.206. The number of para-hydroxylation sites is 1. The molecule has 1 aliphatic rings. The normalized spacial score (nSPS) is 14.2. The van der Waals surface area contributed by atoms with Gasteiger partial charge in [-0.2, -0.15) is 5.10 Å². The highest BCUT2D eigenvalue weighted by molar-refractivity contribution is 5.79. The maximum absolute atomic E-state index is 6.40. The number of aryl methyl sites for hydroxylation is 1. The fourth-order valence-corrected chi connectivity index (χ4v) is 4.85. The topological polar surface area (TPSA) is 114 Å². The highest BCUT2D eigenvalue weighted by Gasteiger charge is 2.39. The molecule has 0 spiro atoms. The molecule has 6 aromatic rings. The zero-order chi connectivity index (χ0) is 27.1. The third-order valence-corrected chi connectivity index (χ3v) is 6.68. The summed E-state index contributed by atoms with van der Waals surface area (Å²) in [6, 6.07) is 21.1. The van der Waals surface area contributed by atoms with E-state index in [0.29, 0.717) is 23.2 Å². The van der Waals surface area contributed by atoms with E-state index in [-0.39, 0.29) is 12.5 Å². The van der Waals surface area contributed by atoms with Gasteiger partial charge in [0.25, 0.3) is 0 Å². The van der Waals surface area contributed by atoms with Crippen molar-refractivity contribution in [1.82, 2.24) is 29.4 Å². The number of benzene rings is 2. The Morgan fingerprint density at radius 2 is 1.85 bits per heavy atom. The molecule has 0 aliphatic carbocycles. The molecular weight excluding hydrogens is 510 g/mol. The van der Waals surface area contributed by atoms with Gasteiger partial charge in [-0.15, -0.1) is 5.10 Å². The minimum absolute atomic E-state index is 0.0750. The lowest BCUT2D eigenvalue weighted by molar-refractivity contribution is 0.126. The molecule has 40 heavy (non-hydrogen) atoms. The van der Waals surface area contributed by atoms with Crippen LogP contribution in [0.25, 0.3) is 11.3 Å². The molecule has 11 heteroatoms. The van der Waals surface area contributed by atoms with Crippen LogP contribution in [0.5, 0.6) is 17.5 Å². The second kappa shape index (κ2) is 9.70. The van der Waals surface area contributed by atoms with E-state index >= 15 is 0 Å². The van der Waals surface area contributed by atoms with Gasteiger partial charge in [0, 0.05) is 0 Å². The largest absolute Gasteiger partial charge is 0.497 e. The summed E-state index contributed by atoms with van der Waals surface area (Å²) >= 11 is 0. The first-order valence-electron chi connectivity index (χ1n) is 12.6. The van der Waals surface area contributed by atoms with Crippen LogP contribution in [0.1, 0.15) is 39.9 Å². The fourth-order valence-electron chi connectivity index (χ4n) is 4.85. The number of nitrogens with zero attached hydrogens (tertiary/aromatic N) is 7. The Morgan fingerprint density at radius 1 is 1.00 bits per heavy atom. The second-order valence-electron chi connectivity index (χ2n) is 9.14. The molecule has 0 N–H and O–H groups in total. The van der Waals surface area contributed by atoms with Crippen LogP contribution >= 0.6 is 0 Å². The van der Waals surface area contributed by atoms with E-state index in [2.05, 4.69) is 15.2 Å². The first-order chi connectivity index (χ1) is 19.7. The second-order valence-corrected chi connectivity index (χ2v) is 9.14. The van der Waals surface area contributed by atoms with Gasteiger partial charge in [-0.05, 0) is 61.0 Å². The molecule has 0 unspecified atom stereocenters. The summed E-state index contributed by atoms with van der Waals surface area (Å²) in [5.41, 5.74) is 4.77. The average molecular weight is 534 g/mol. The van der Waals surface area contributed by atoms with Crippen LogP contribution in [-0.4, -0.2) is 42.7 Å². The number of ether oxygens (including phenoxy) is 2. The van der Waals surface area contributed by atoms with Gasteiger partial charge in [0.1, 0.15) is 17.8 Å². The summed E-state index contributed by atoms with van der Waals surface area (Å²) in [7, 11) is 1.63. The van der Waals surface area contributed by atoms with Gasteiger partial charge < -0.3 is 18.7 Å². The van der Waals surface area contributed by atoms with Crippen molar-refractivity contribution in [2.45, 2.75) is 19.4 Å². The van der Waals surface area contributed by atoms with Crippen LogP contribution in [-0.2, 0) is 11.4 Å². The Bertz CT molecular complexity index is 1820. The van der Waals surface area contributed by atoms with E-state index in [1.165, 1.54) is 0 Å². The highest BCUT2D eigenvalue weighted by Crippen LogP contribution is 2.49. The van der Waals surface area contributed by atoms with Crippen LogP contribution in [0, 0.1) is 6.92 Å². The number of hydrogen-bond acceptors (Lipinski definition) is 9. The summed E-state index contributed by atoms with van der Waals surface area (Å²) in [6.07, 6.45) is 4.85. The average Bonchev–Trinajstić information content (AvgIpc) is 3.74. The highest BCUT2D eigenvalue weighted by atomic mass is 16.6. The maximum atomic E-state index is 6.40. The van der Waals surface area contributed by atoms with Crippen molar-refractivity contribution in [2.24, 2.45) is 5.16 Å².